The van der Waals surface area contributed by atoms with E-state index in [1.165, 1.54) is 10.8 Å². The van der Waals surface area contributed by atoms with Crippen LogP contribution in [0.2, 0.25) is 0 Å². The van der Waals surface area contributed by atoms with Crippen molar-refractivity contribution in [1.82, 2.24) is 14.6 Å². The van der Waals surface area contributed by atoms with Gasteiger partial charge in [-0.3, -0.25) is 0 Å². The average Bonchev–Trinajstić information content (AvgIpc) is 3.34. The van der Waals surface area contributed by atoms with Gasteiger partial charge in [-0.1, -0.05) is 0 Å². The van der Waals surface area contributed by atoms with E-state index in [1.54, 1.807) is 12.1 Å². The van der Waals surface area contributed by atoms with Crippen molar-refractivity contribution in [3.05, 3.63) is 24.2 Å². The quantitative estimate of drug-likeness (QED) is 0.763. The molecule has 158 valence electrons. The molecule has 0 amide bonds. The zero-order valence-electron chi connectivity index (χ0n) is 16.5. The summed E-state index contributed by atoms with van der Waals surface area (Å²) in [4.78, 5) is 3.99. The number of anilines is 1. The van der Waals surface area contributed by atoms with E-state index in [2.05, 4.69) is 10.1 Å². The van der Waals surface area contributed by atoms with E-state index in [-0.39, 0.29) is 12.9 Å². The van der Waals surface area contributed by atoms with Crippen molar-refractivity contribution in [2.75, 3.05) is 18.9 Å². The summed E-state index contributed by atoms with van der Waals surface area (Å²) in [6.07, 6.45) is 2.21. The van der Waals surface area contributed by atoms with Gasteiger partial charge in [0.05, 0.1) is 6.61 Å². The third-order valence-electron chi connectivity index (χ3n) is 5.65. The van der Waals surface area contributed by atoms with Gasteiger partial charge in [0.2, 0.25) is 5.79 Å². The van der Waals surface area contributed by atoms with Crippen LogP contribution in [-0.2, 0) is 29.5 Å². The van der Waals surface area contributed by atoms with Gasteiger partial charge in [-0.2, -0.15) is 5.10 Å². The summed E-state index contributed by atoms with van der Waals surface area (Å²) in [5, 5.41) is 15.8. The number of aromatic nitrogens is 3. The number of hydrogen-bond donors (Lipinski definition) is 2. The molecule has 10 heteroatoms. The lowest BCUT2D eigenvalue weighted by Gasteiger charge is -2.30. The minimum atomic E-state index is -1.78. The summed E-state index contributed by atoms with van der Waals surface area (Å²) in [5.41, 5.74) is 6.91. The molecule has 0 saturated carbocycles. The number of nitrogens with zero attached hydrogens (tertiary/aromatic N) is 3. The van der Waals surface area contributed by atoms with Crippen molar-refractivity contribution in [3.63, 3.8) is 0 Å². The number of fused-ring (bicyclic) bond motifs is 2. The SMILES string of the molecule is CC1(C)O[C@H]2[C@@H](O1)C(O)(c1ccc3c(N)ncnn13)O[C@@H]2COC1CCCCO1. The second-order valence-corrected chi connectivity index (χ2v) is 8.16. The molecule has 3 fully saturated rings. The monoisotopic (exact) mass is 406 g/mol. The number of ether oxygens (including phenoxy) is 5. The van der Waals surface area contributed by atoms with Crippen molar-refractivity contribution >= 4 is 11.3 Å². The summed E-state index contributed by atoms with van der Waals surface area (Å²) in [6.45, 7) is 4.53. The lowest BCUT2D eigenvalue weighted by atomic mass is 10.0. The van der Waals surface area contributed by atoms with Gasteiger partial charge in [0.15, 0.2) is 17.9 Å². The van der Waals surface area contributed by atoms with Crippen LogP contribution in [0.1, 0.15) is 38.8 Å². The standard InChI is InChI=1S/C19H26N4O6/c1-18(2)28-15-12(9-26-14-5-3-4-8-25-14)27-19(24,16(15)29-18)13-7-6-11-17(20)21-10-22-23(11)13/h6-7,10,12,14-16,24H,3-5,8-9H2,1-2H3,(H2,20,21,22)/t12-,14?,15-,16-,19?/m1/s1. The van der Waals surface area contributed by atoms with Crippen LogP contribution in [0.3, 0.4) is 0 Å². The van der Waals surface area contributed by atoms with Crippen molar-refractivity contribution in [1.29, 1.82) is 0 Å². The number of nitrogen functional groups attached to an aromatic ring is 1. The molecule has 5 heterocycles. The molecule has 0 radical (unpaired) electrons. The second-order valence-electron chi connectivity index (χ2n) is 8.16. The molecule has 0 aliphatic carbocycles. The zero-order chi connectivity index (χ0) is 20.2. The molecule has 5 atom stereocenters. The Hall–Kier alpha value is -1.82. The summed E-state index contributed by atoms with van der Waals surface area (Å²) in [6, 6.07) is 3.45. The highest BCUT2D eigenvalue weighted by atomic mass is 16.8. The lowest BCUT2D eigenvalue weighted by molar-refractivity contribution is -0.292. The molecule has 0 spiro atoms. The second kappa shape index (κ2) is 6.86. The maximum atomic E-state index is 11.6. The van der Waals surface area contributed by atoms with Gasteiger partial charge >= 0.3 is 0 Å². The van der Waals surface area contributed by atoms with Gasteiger partial charge in [-0.25, -0.2) is 9.50 Å². The number of rotatable bonds is 4. The molecular weight excluding hydrogens is 380 g/mol. The first kappa shape index (κ1) is 19.2. The van der Waals surface area contributed by atoms with E-state index < -0.39 is 29.9 Å². The Morgan fingerprint density at radius 1 is 1.28 bits per heavy atom. The van der Waals surface area contributed by atoms with Crippen molar-refractivity contribution in [2.45, 2.75) is 69.3 Å². The smallest absolute Gasteiger partial charge is 0.240 e. The molecule has 2 unspecified atom stereocenters. The van der Waals surface area contributed by atoms with Gasteiger partial charge < -0.3 is 34.5 Å². The molecule has 10 nitrogen and oxygen atoms in total. The van der Waals surface area contributed by atoms with Gasteiger partial charge in [0.1, 0.15) is 35.8 Å². The number of nitrogens with two attached hydrogens (primary N) is 1. The first-order valence-electron chi connectivity index (χ1n) is 9.95. The van der Waals surface area contributed by atoms with Gasteiger partial charge in [-0.15, -0.1) is 0 Å². The van der Waals surface area contributed by atoms with E-state index >= 15 is 0 Å². The highest BCUT2D eigenvalue weighted by Crippen LogP contribution is 2.48. The Bertz CT molecular complexity index is 898. The Morgan fingerprint density at radius 2 is 2.14 bits per heavy atom. The Morgan fingerprint density at radius 3 is 2.93 bits per heavy atom. The van der Waals surface area contributed by atoms with Crippen LogP contribution in [0.15, 0.2) is 18.5 Å². The van der Waals surface area contributed by atoms with Gasteiger partial charge in [0.25, 0.3) is 0 Å². The van der Waals surface area contributed by atoms with E-state index in [9.17, 15) is 5.11 Å². The van der Waals surface area contributed by atoms with Crippen molar-refractivity contribution in [2.24, 2.45) is 0 Å². The maximum Gasteiger partial charge on any atom is 0.240 e. The topological polar surface area (TPSA) is 123 Å². The highest BCUT2D eigenvalue weighted by molar-refractivity contribution is 5.65. The minimum Gasteiger partial charge on any atom is -0.382 e. The molecule has 0 bridgehead atoms. The van der Waals surface area contributed by atoms with Crippen LogP contribution < -0.4 is 5.73 Å². The van der Waals surface area contributed by atoms with Crippen LogP contribution >= 0.6 is 0 Å². The van der Waals surface area contributed by atoms with Gasteiger partial charge in [-0.05, 0) is 45.2 Å². The predicted molar refractivity (Wildman–Crippen MR) is 99.5 cm³/mol. The number of hydrogen-bond acceptors (Lipinski definition) is 9. The van der Waals surface area contributed by atoms with Crippen LogP contribution in [0.5, 0.6) is 0 Å². The third-order valence-corrected chi connectivity index (χ3v) is 5.65. The fourth-order valence-electron chi connectivity index (χ4n) is 4.33. The Labute approximate surface area is 167 Å². The first-order valence-corrected chi connectivity index (χ1v) is 9.95. The van der Waals surface area contributed by atoms with E-state index in [4.69, 9.17) is 29.4 Å². The van der Waals surface area contributed by atoms with Crippen LogP contribution in [0.4, 0.5) is 5.82 Å². The van der Waals surface area contributed by atoms with E-state index in [0.717, 1.165) is 19.3 Å². The fourth-order valence-corrected chi connectivity index (χ4v) is 4.33. The Balaban J connectivity index is 1.45. The van der Waals surface area contributed by atoms with Crippen molar-refractivity contribution in [3.8, 4) is 0 Å². The molecular formula is C19H26N4O6. The van der Waals surface area contributed by atoms with Crippen molar-refractivity contribution < 1.29 is 28.8 Å². The fraction of sp³-hybridized carbons (Fsp3) is 0.684. The normalized spacial score (nSPS) is 36.5. The summed E-state index contributed by atoms with van der Waals surface area (Å²) in [7, 11) is 0. The average molecular weight is 406 g/mol. The molecule has 2 aromatic rings. The minimum absolute atomic E-state index is 0.216. The molecule has 3 aliphatic heterocycles. The maximum absolute atomic E-state index is 11.6. The van der Waals surface area contributed by atoms with Crippen LogP contribution in [0.25, 0.3) is 5.52 Å². The van der Waals surface area contributed by atoms with Gasteiger partial charge in [0, 0.05) is 6.61 Å². The molecule has 29 heavy (non-hydrogen) atoms. The van der Waals surface area contributed by atoms with Crippen LogP contribution in [-0.4, -0.2) is 63.3 Å². The molecule has 5 rings (SSSR count). The predicted octanol–water partition coefficient (Wildman–Crippen LogP) is 0.919. The summed E-state index contributed by atoms with van der Waals surface area (Å²) >= 11 is 0. The van der Waals surface area contributed by atoms with E-state index in [1.807, 2.05) is 13.8 Å². The largest absolute Gasteiger partial charge is 0.382 e. The molecule has 3 N–H and O–H groups in total. The summed E-state index contributed by atoms with van der Waals surface area (Å²) < 4.78 is 31.3. The van der Waals surface area contributed by atoms with Crippen LogP contribution in [0, 0.1) is 0 Å². The Kier molecular flexibility index (Phi) is 4.53. The third kappa shape index (κ3) is 3.20. The summed E-state index contributed by atoms with van der Waals surface area (Å²) in [5.74, 6) is -2.34. The molecule has 3 saturated heterocycles. The molecule has 2 aromatic heterocycles. The molecule has 3 aliphatic rings. The number of aliphatic hydroxyl groups is 1. The van der Waals surface area contributed by atoms with E-state index in [0.29, 0.717) is 23.6 Å². The highest BCUT2D eigenvalue weighted by Gasteiger charge is 2.64. The lowest BCUT2D eigenvalue weighted by Crippen LogP contribution is -2.41. The zero-order valence-corrected chi connectivity index (χ0v) is 16.5. The first-order chi connectivity index (χ1) is 13.9. The molecule has 0 aromatic carbocycles.